The van der Waals surface area contributed by atoms with Crippen LogP contribution < -0.4 is 10.6 Å². The Morgan fingerprint density at radius 1 is 1.30 bits per heavy atom. The molecule has 1 heterocycles. The highest BCUT2D eigenvalue weighted by Gasteiger charge is 2.16. The van der Waals surface area contributed by atoms with Gasteiger partial charge < -0.3 is 10.6 Å². The van der Waals surface area contributed by atoms with Gasteiger partial charge in [-0.1, -0.05) is 12.1 Å². The zero-order valence-corrected chi connectivity index (χ0v) is 12.2. The summed E-state index contributed by atoms with van der Waals surface area (Å²) in [5.74, 6) is 0.855. The van der Waals surface area contributed by atoms with Crippen LogP contribution in [0.3, 0.4) is 0 Å². The van der Waals surface area contributed by atoms with Crippen molar-refractivity contribution in [3.05, 3.63) is 46.9 Å². The van der Waals surface area contributed by atoms with Crippen LogP contribution in [0.25, 0.3) is 0 Å². The molecule has 0 aliphatic carbocycles. The molecule has 0 saturated carbocycles. The van der Waals surface area contributed by atoms with Crippen molar-refractivity contribution in [2.45, 2.75) is 19.9 Å². The summed E-state index contributed by atoms with van der Waals surface area (Å²) in [6, 6.07) is 6.58. The third kappa shape index (κ3) is 2.99. The molecule has 0 aliphatic heterocycles. The van der Waals surface area contributed by atoms with Crippen LogP contribution in [-0.4, -0.2) is 23.4 Å². The summed E-state index contributed by atoms with van der Waals surface area (Å²) in [6.45, 7) is 3.31. The van der Waals surface area contributed by atoms with Crippen LogP contribution in [0.15, 0.2) is 24.3 Å². The first-order valence-electron chi connectivity index (χ1n) is 6.71. The fraction of sp³-hybridized carbons (Fsp3) is 0.400. The lowest BCUT2D eigenvalue weighted by molar-refractivity contribution is 0.626. The number of hydrogen-bond donors (Lipinski definition) is 1. The zero-order valence-electron chi connectivity index (χ0n) is 12.2. The highest BCUT2D eigenvalue weighted by molar-refractivity contribution is 5.50. The van der Waals surface area contributed by atoms with Gasteiger partial charge >= 0.3 is 0 Å². The number of halogens is 1. The molecule has 108 valence electrons. The minimum Gasteiger partial charge on any atom is -0.355 e. The minimum atomic E-state index is -0.211. The van der Waals surface area contributed by atoms with Crippen molar-refractivity contribution in [3.8, 4) is 0 Å². The van der Waals surface area contributed by atoms with Gasteiger partial charge in [0.05, 0.1) is 5.69 Å². The first kappa shape index (κ1) is 14.5. The fourth-order valence-electron chi connectivity index (χ4n) is 2.54. The van der Waals surface area contributed by atoms with E-state index in [4.69, 9.17) is 5.73 Å². The van der Waals surface area contributed by atoms with Crippen LogP contribution in [0.5, 0.6) is 0 Å². The quantitative estimate of drug-likeness (QED) is 0.908. The molecule has 0 unspecified atom stereocenters. The Hall–Kier alpha value is -1.88. The number of hydrogen-bond acceptors (Lipinski definition) is 3. The average molecular weight is 276 g/mol. The van der Waals surface area contributed by atoms with E-state index in [0.29, 0.717) is 13.1 Å². The lowest BCUT2D eigenvalue weighted by atomic mass is 10.1. The van der Waals surface area contributed by atoms with Crippen molar-refractivity contribution >= 4 is 5.82 Å². The SMILES string of the molecule is Cc1nn(C)c(N(C)Cc2ccc(F)cc2)c1CCN. The number of nitrogens with two attached hydrogens (primary N) is 1. The van der Waals surface area contributed by atoms with Gasteiger partial charge in [0.15, 0.2) is 0 Å². The molecule has 0 bridgehead atoms. The summed E-state index contributed by atoms with van der Waals surface area (Å²) in [5.41, 5.74) is 8.93. The van der Waals surface area contributed by atoms with Crippen molar-refractivity contribution in [2.24, 2.45) is 12.8 Å². The van der Waals surface area contributed by atoms with E-state index in [0.717, 1.165) is 23.5 Å². The first-order valence-corrected chi connectivity index (χ1v) is 6.71. The molecule has 5 heteroatoms. The Morgan fingerprint density at radius 3 is 2.55 bits per heavy atom. The van der Waals surface area contributed by atoms with Crippen LogP contribution in [0.2, 0.25) is 0 Å². The van der Waals surface area contributed by atoms with Crippen LogP contribution >= 0.6 is 0 Å². The number of rotatable bonds is 5. The number of nitrogens with zero attached hydrogens (tertiary/aromatic N) is 3. The molecule has 20 heavy (non-hydrogen) atoms. The maximum absolute atomic E-state index is 12.9. The van der Waals surface area contributed by atoms with Crippen molar-refractivity contribution in [1.29, 1.82) is 0 Å². The Morgan fingerprint density at radius 2 is 1.95 bits per heavy atom. The Labute approximate surface area is 119 Å². The van der Waals surface area contributed by atoms with Crippen LogP contribution in [0, 0.1) is 12.7 Å². The molecule has 0 radical (unpaired) electrons. The van der Waals surface area contributed by atoms with Gasteiger partial charge in [-0.15, -0.1) is 0 Å². The lowest BCUT2D eigenvalue weighted by Gasteiger charge is -2.21. The van der Waals surface area contributed by atoms with E-state index in [1.165, 1.54) is 17.7 Å². The summed E-state index contributed by atoms with van der Waals surface area (Å²) in [5, 5.41) is 4.47. The molecule has 0 aliphatic rings. The van der Waals surface area contributed by atoms with Crippen molar-refractivity contribution in [2.75, 3.05) is 18.5 Å². The van der Waals surface area contributed by atoms with Crippen LogP contribution in [-0.2, 0) is 20.0 Å². The van der Waals surface area contributed by atoms with Gasteiger partial charge in [0, 0.05) is 26.2 Å². The van der Waals surface area contributed by atoms with E-state index < -0.39 is 0 Å². The van der Waals surface area contributed by atoms with Gasteiger partial charge in [0.1, 0.15) is 11.6 Å². The molecule has 2 N–H and O–H groups in total. The van der Waals surface area contributed by atoms with Gasteiger partial charge in [-0.2, -0.15) is 5.10 Å². The summed E-state index contributed by atoms with van der Waals surface area (Å²) >= 11 is 0. The lowest BCUT2D eigenvalue weighted by Crippen LogP contribution is -2.21. The molecule has 0 spiro atoms. The van der Waals surface area contributed by atoms with Crippen molar-refractivity contribution in [1.82, 2.24) is 9.78 Å². The van der Waals surface area contributed by atoms with Gasteiger partial charge in [0.25, 0.3) is 0 Å². The average Bonchev–Trinajstić information content (AvgIpc) is 2.68. The fourth-order valence-corrected chi connectivity index (χ4v) is 2.54. The third-order valence-electron chi connectivity index (χ3n) is 3.40. The molecule has 4 nitrogen and oxygen atoms in total. The topological polar surface area (TPSA) is 47.1 Å². The maximum atomic E-state index is 12.9. The van der Waals surface area contributed by atoms with Gasteiger partial charge in [-0.25, -0.2) is 4.39 Å². The largest absolute Gasteiger partial charge is 0.355 e. The van der Waals surface area contributed by atoms with E-state index in [1.54, 1.807) is 12.1 Å². The van der Waals surface area contributed by atoms with Crippen molar-refractivity contribution < 1.29 is 4.39 Å². The third-order valence-corrected chi connectivity index (χ3v) is 3.40. The molecule has 0 amide bonds. The molecule has 1 aromatic heterocycles. The standard InChI is InChI=1S/C15H21FN4/c1-11-14(8-9-17)15(20(3)18-11)19(2)10-12-4-6-13(16)7-5-12/h4-7H,8-10,17H2,1-3H3. The van der Waals surface area contributed by atoms with Gasteiger partial charge in [-0.3, -0.25) is 4.68 Å². The molecular formula is C15H21FN4. The van der Waals surface area contributed by atoms with E-state index in [1.807, 2.05) is 25.7 Å². The van der Waals surface area contributed by atoms with E-state index >= 15 is 0 Å². The smallest absolute Gasteiger partial charge is 0.130 e. The molecule has 0 saturated heterocycles. The summed E-state index contributed by atoms with van der Waals surface area (Å²) in [6.07, 6.45) is 0.808. The summed E-state index contributed by atoms with van der Waals surface area (Å²) < 4.78 is 14.8. The Kier molecular flexibility index (Phi) is 4.39. The Balaban J connectivity index is 2.24. The monoisotopic (exact) mass is 276 g/mol. The zero-order chi connectivity index (χ0) is 14.7. The molecule has 0 atom stereocenters. The number of aromatic nitrogens is 2. The number of benzene rings is 1. The first-order chi connectivity index (χ1) is 9.52. The van der Waals surface area contributed by atoms with Crippen LogP contribution in [0.4, 0.5) is 10.2 Å². The van der Waals surface area contributed by atoms with E-state index in [9.17, 15) is 4.39 Å². The molecule has 2 rings (SSSR count). The second-order valence-corrected chi connectivity index (χ2v) is 5.03. The highest BCUT2D eigenvalue weighted by Crippen LogP contribution is 2.24. The predicted octanol–water partition coefficient (Wildman–Crippen LogP) is 2.01. The molecule has 0 fully saturated rings. The molecule has 2 aromatic rings. The van der Waals surface area contributed by atoms with E-state index in [-0.39, 0.29) is 5.82 Å². The van der Waals surface area contributed by atoms with E-state index in [2.05, 4.69) is 10.00 Å². The number of anilines is 1. The predicted molar refractivity (Wildman–Crippen MR) is 79.2 cm³/mol. The molecule has 1 aromatic carbocycles. The van der Waals surface area contributed by atoms with Gasteiger partial charge in [-0.05, 0) is 37.6 Å². The normalized spacial score (nSPS) is 10.8. The molecular weight excluding hydrogens is 255 g/mol. The number of aryl methyl sites for hydroxylation is 2. The van der Waals surface area contributed by atoms with Gasteiger partial charge in [0.2, 0.25) is 0 Å². The maximum Gasteiger partial charge on any atom is 0.130 e. The van der Waals surface area contributed by atoms with Crippen LogP contribution in [0.1, 0.15) is 16.8 Å². The summed E-state index contributed by atoms with van der Waals surface area (Å²) in [4.78, 5) is 2.12. The second-order valence-electron chi connectivity index (χ2n) is 5.03. The second kappa shape index (κ2) is 6.05. The highest BCUT2D eigenvalue weighted by atomic mass is 19.1. The minimum absolute atomic E-state index is 0.211. The summed E-state index contributed by atoms with van der Waals surface area (Å²) in [7, 11) is 3.95. The Bertz CT molecular complexity index is 574. The van der Waals surface area contributed by atoms with Crippen molar-refractivity contribution in [3.63, 3.8) is 0 Å².